The van der Waals surface area contributed by atoms with E-state index < -0.39 is 6.10 Å². The average Bonchev–Trinajstić information content (AvgIpc) is 1.85. The van der Waals surface area contributed by atoms with Crippen LogP contribution in [0.4, 0.5) is 0 Å². The van der Waals surface area contributed by atoms with Crippen LogP contribution in [0.2, 0.25) is 0 Å². The van der Waals surface area contributed by atoms with Gasteiger partial charge in [-0.1, -0.05) is 21.6 Å². The summed E-state index contributed by atoms with van der Waals surface area (Å²) in [5.74, 6) is 0.648. The molecule has 0 bridgehead atoms. The standard InChI is InChI=1S/C4H11NO2S2/c1-8-9-3-4(6)2-5-7/h4-7H,2-3H2,1H3. The molecule has 0 saturated heterocycles. The van der Waals surface area contributed by atoms with E-state index in [9.17, 15) is 0 Å². The Hall–Kier alpha value is 0.580. The molecular formula is C4H11NO2S2. The van der Waals surface area contributed by atoms with Crippen LogP contribution in [-0.2, 0) is 0 Å². The van der Waals surface area contributed by atoms with Crippen LogP contribution in [-0.4, -0.2) is 35.0 Å². The molecule has 0 aliphatic rings. The van der Waals surface area contributed by atoms with Gasteiger partial charge in [0.25, 0.3) is 0 Å². The second-order valence-electron chi connectivity index (χ2n) is 1.47. The molecule has 0 fully saturated rings. The lowest BCUT2D eigenvalue weighted by Crippen LogP contribution is -2.25. The van der Waals surface area contributed by atoms with Gasteiger partial charge in [0.1, 0.15) is 0 Å². The van der Waals surface area contributed by atoms with Crippen LogP contribution in [0.5, 0.6) is 0 Å². The Bertz CT molecular complexity index is 64.5. The Labute approximate surface area is 62.6 Å². The van der Waals surface area contributed by atoms with Crippen molar-refractivity contribution in [3.8, 4) is 0 Å². The lowest BCUT2D eigenvalue weighted by atomic mass is 10.4. The maximum Gasteiger partial charge on any atom is 0.0786 e. The molecule has 0 aromatic rings. The van der Waals surface area contributed by atoms with E-state index in [0.717, 1.165) is 0 Å². The smallest absolute Gasteiger partial charge is 0.0786 e. The minimum Gasteiger partial charge on any atom is -0.391 e. The third kappa shape index (κ3) is 6.47. The van der Waals surface area contributed by atoms with Gasteiger partial charge in [0.2, 0.25) is 0 Å². The number of aliphatic hydroxyl groups excluding tert-OH is 1. The van der Waals surface area contributed by atoms with Crippen LogP contribution >= 0.6 is 21.6 Å². The highest BCUT2D eigenvalue weighted by Gasteiger charge is 2.00. The first-order valence-electron chi connectivity index (χ1n) is 2.52. The van der Waals surface area contributed by atoms with Crippen LogP contribution in [0.1, 0.15) is 0 Å². The van der Waals surface area contributed by atoms with Crippen molar-refractivity contribution >= 4 is 21.6 Å². The highest BCUT2D eigenvalue weighted by atomic mass is 33.1. The second-order valence-corrected chi connectivity index (χ2v) is 4.08. The van der Waals surface area contributed by atoms with Crippen molar-refractivity contribution in [1.82, 2.24) is 5.48 Å². The molecule has 5 heteroatoms. The van der Waals surface area contributed by atoms with E-state index in [-0.39, 0.29) is 6.54 Å². The van der Waals surface area contributed by atoms with E-state index in [1.165, 1.54) is 0 Å². The SMILES string of the molecule is CSSCC(O)CNO. The molecule has 0 saturated carbocycles. The van der Waals surface area contributed by atoms with E-state index >= 15 is 0 Å². The summed E-state index contributed by atoms with van der Waals surface area (Å²) < 4.78 is 0. The first kappa shape index (κ1) is 9.58. The highest BCUT2D eigenvalue weighted by molar-refractivity contribution is 8.76. The summed E-state index contributed by atoms with van der Waals surface area (Å²) in [6.45, 7) is 0.244. The monoisotopic (exact) mass is 169 g/mol. The van der Waals surface area contributed by atoms with Crippen molar-refractivity contribution in [2.75, 3.05) is 18.6 Å². The maximum absolute atomic E-state index is 8.92. The zero-order valence-corrected chi connectivity index (χ0v) is 6.84. The van der Waals surface area contributed by atoms with Crippen LogP contribution < -0.4 is 5.48 Å². The molecule has 0 aliphatic carbocycles. The van der Waals surface area contributed by atoms with Gasteiger partial charge in [-0.15, -0.1) is 0 Å². The third-order valence-corrected chi connectivity index (χ3v) is 2.58. The number of rotatable bonds is 5. The molecule has 0 aromatic carbocycles. The fourth-order valence-corrected chi connectivity index (χ4v) is 1.60. The van der Waals surface area contributed by atoms with Gasteiger partial charge < -0.3 is 10.3 Å². The minimum atomic E-state index is -0.451. The summed E-state index contributed by atoms with van der Waals surface area (Å²) in [7, 11) is 3.17. The molecule has 0 spiro atoms. The van der Waals surface area contributed by atoms with Crippen molar-refractivity contribution in [3.05, 3.63) is 0 Å². The topological polar surface area (TPSA) is 52.5 Å². The maximum atomic E-state index is 8.92. The third-order valence-electron chi connectivity index (χ3n) is 0.705. The summed E-state index contributed by atoms with van der Waals surface area (Å²) in [5.41, 5.74) is 1.90. The molecule has 1 unspecified atom stereocenters. The molecule has 0 rings (SSSR count). The van der Waals surface area contributed by atoms with Gasteiger partial charge in [0.15, 0.2) is 0 Å². The lowest BCUT2D eigenvalue weighted by molar-refractivity contribution is 0.104. The first-order valence-corrected chi connectivity index (χ1v) is 5.24. The Morgan fingerprint density at radius 2 is 2.33 bits per heavy atom. The van der Waals surface area contributed by atoms with Crippen LogP contribution in [0.15, 0.2) is 0 Å². The predicted octanol–water partition coefficient (Wildman–Crippen LogP) is 0.337. The number of aliphatic hydroxyl groups is 1. The summed E-state index contributed by atoms with van der Waals surface area (Å²) in [4.78, 5) is 0. The molecular weight excluding hydrogens is 158 g/mol. The predicted molar refractivity (Wildman–Crippen MR) is 41.8 cm³/mol. The van der Waals surface area contributed by atoms with Gasteiger partial charge in [-0.2, -0.15) is 0 Å². The summed E-state index contributed by atoms with van der Waals surface area (Å²) in [6.07, 6.45) is 1.50. The fraction of sp³-hybridized carbons (Fsp3) is 1.00. The van der Waals surface area contributed by atoms with Crippen molar-refractivity contribution in [2.45, 2.75) is 6.10 Å². The Kier molecular flexibility index (Phi) is 7.13. The van der Waals surface area contributed by atoms with Crippen molar-refractivity contribution in [1.29, 1.82) is 0 Å². The fourth-order valence-electron chi connectivity index (χ4n) is 0.311. The van der Waals surface area contributed by atoms with E-state index in [4.69, 9.17) is 10.3 Å². The quantitative estimate of drug-likeness (QED) is 0.409. The molecule has 0 radical (unpaired) electrons. The van der Waals surface area contributed by atoms with E-state index in [1.807, 2.05) is 11.7 Å². The van der Waals surface area contributed by atoms with Crippen LogP contribution in [0.25, 0.3) is 0 Å². The largest absolute Gasteiger partial charge is 0.391 e. The van der Waals surface area contributed by atoms with Gasteiger partial charge in [-0.05, 0) is 6.26 Å². The molecule has 0 amide bonds. The molecule has 0 aliphatic heterocycles. The van der Waals surface area contributed by atoms with Gasteiger partial charge in [-0.25, -0.2) is 5.48 Å². The van der Waals surface area contributed by atoms with E-state index in [2.05, 4.69) is 0 Å². The lowest BCUT2D eigenvalue weighted by Gasteiger charge is -2.05. The Morgan fingerprint density at radius 3 is 2.78 bits per heavy atom. The van der Waals surface area contributed by atoms with E-state index in [1.54, 1.807) is 21.6 Å². The average molecular weight is 169 g/mol. The zero-order valence-electron chi connectivity index (χ0n) is 5.20. The van der Waals surface area contributed by atoms with Gasteiger partial charge >= 0.3 is 0 Å². The second kappa shape index (κ2) is 6.70. The molecule has 3 N–H and O–H groups in total. The molecule has 56 valence electrons. The minimum absolute atomic E-state index is 0.244. The number of hydroxylamine groups is 1. The van der Waals surface area contributed by atoms with E-state index in [0.29, 0.717) is 5.75 Å². The van der Waals surface area contributed by atoms with Gasteiger partial charge in [0, 0.05) is 12.3 Å². The number of hydrogen-bond donors (Lipinski definition) is 3. The van der Waals surface area contributed by atoms with Crippen LogP contribution in [0, 0.1) is 0 Å². The first-order chi connectivity index (χ1) is 4.31. The molecule has 1 atom stereocenters. The Morgan fingerprint density at radius 1 is 1.67 bits per heavy atom. The normalized spacial score (nSPS) is 13.7. The zero-order chi connectivity index (χ0) is 7.11. The van der Waals surface area contributed by atoms with Crippen molar-refractivity contribution < 1.29 is 10.3 Å². The van der Waals surface area contributed by atoms with Crippen molar-refractivity contribution in [2.24, 2.45) is 0 Å². The molecule has 0 aromatic heterocycles. The number of hydrogen-bond acceptors (Lipinski definition) is 5. The highest BCUT2D eigenvalue weighted by Crippen LogP contribution is 2.16. The van der Waals surface area contributed by atoms with Gasteiger partial charge in [-0.3, -0.25) is 0 Å². The Balaban J connectivity index is 2.95. The number of nitrogens with one attached hydrogen (secondary N) is 1. The molecule has 9 heavy (non-hydrogen) atoms. The van der Waals surface area contributed by atoms with Crippen molar-refractivity contribution in [3.63, 3.8) is 0 Å². The summed E-state index contributed by atoms with van der Waals surface area (Å²) in [6, 6.07) is 0. The molecule has 3 nitrogen and oxygen atoms in total. The summed E-state index contributed by atoms with van der Waals surface area (Å²) in [5, 5.41) is 17.0. The molecule has 0 heterocycles. The summed E-state index contributed by atoms with van der Waals surface area (Å²) >= 11 is 0. The van der Waals surface area contributed by atoms with Gasteiger partial charge in [0.05, 0.1) is 6.10 Å². The van der Waals surface area contributed by atoms with Crippen LogP contribution in [0.3, 0.4) is 0 Å².